The van der Waals surface area contributed by atoms with Gasteiger partial charge in [0.1, 0.15) is 18.1 Å². The molecule has 4 nitrogen and oxygen atoms in total. The number of hydrogen-bond donors (Lipinski definition) is 0. The highest BCUT2D eigenvalue weighted by molar-refractivity contribution is 6.42. The number of benzene rings is 3. The summed E-state index contributed by atoms with van der Waals surface area (Å²) in [6.45, 7) is 10.1. The van der Waals surface area contributed by atoms with Crippen molar-refractivity contribution in [3.63, 3.8) is 0 Å². The quantitative estimate of drug-likeness (QED) is 0.236. The third kappa shape index (κ3) is 5.96. The van der Waals surface area contributed by atoms with E-state index in [1.54, 1.807) is 18.2 Å². The maximum Gasteiger partial charge on any atom is 0.163 e. The van der Waals surface area contributed by atoms with Crippen molar-refractivity contribution in [2.75, 3.05) is 19.7 Å². The number of likely N-dealkylation sites (tertiary alicyclic amines) is 1. The van der Waals surface area contributed by atoms with E-state index < -0.39 is 5.41 Å². The summed E-state index contributed by atoms with van der Waals surface area (Å²) in [4.78, 5) is 2.40. The van der Waals surface area contributed by atoms with Gasteiger partial charge in [-0.3, -0.25) is 4.90 Å². The zero-order chi connectivity index (χ0) is 26.5. The SMILES string of the molecule is C=CCOc1cc(Cl)c(Cl)cc1OC1CN(C(C)(C)CCC(C#N)(c2ccccc2)c2ccccc2)C1. The van der Waals surface area contributed by atoms with Crippen LogP contribution in [0, 0.1) is 11.3 Å². The van der Waals surface area contributed by atoms with E-state index in [-0.39, 0.29) is 11.6 Å². The highest BCUT2D eigenvalue weighted by Crippen LogP contribution is 2.41. The molecule has 0 atom stereocenters. The summed E-state index contributed by atoms with van der Waals surface area (Å²) < 4.78 is 12.0. The van der Waals surface area contributed by atoms with Crippen LogP contribution in [0.3, 0.4) is 0 Å². The largest absolute Gasteiger partial charge is 0.486 e. The Bertz CT molecular complexity index is 1210. The molecule has 0 aromatic heterocycles. The highest BCUT2D eigenvalue weighted by atomic mass is 35.5. The van der Waals surface area contributed by atoms with E-state index in [2.05, 4.69) is 55.7 Å². The van der Waals surface area contributed by atoms with Crippen LogP contribution in [0.2, 0.25) is 10.0 Å². The van der Waals surface area contributed by atoms with E-state index in [1.807, 2.05) is 36.4 Å². The average Bonchev–Trinajstić information content (AvgIpc) is 2.88. The summed E-state index contributed by atoms with van der Waals surface area (Å²) >= 11 is 12.4. The Kier molecular flexibility index (Phi) is 8.49. The molecule has 6 heteroatoms. The number of nitriles is 1. The first-order chi connectivity index (χ1) is 17.8. The maximum absolute atomic E-state index is 10.5. The second kappa shape index (κ2) is 11.6. The molecule has 0 radical (unpaired) electrons. The molecule has 1 aliphatic heterocycles. The summed E-state index contributed by atoms with van der Waals surface area (Å²) in [6.07, 6.45) is 3.23. The third-order valence-corrected chi connectivity index (χ3v) is 7.90. The van der Waals surface area contributed by atoms with E-state index in [0.29, 0.717) is 34.6 Å². The molecule has 1 heterocycles. The molecule has 0 aliphatic carbocycles. The number of nitrogens with zero attached hydrogens (tertiary/aromatic N) is 2. The standard InChI is InChI=1S/C31H32Cl2N2O2/c1-4-17-36-28-18-26(32)27(33)19-29(28)37-25-20-35(21-25)30(2,3)15-16-31(22-34,23-11-7-5-8-12-23)24-13-9-6-10-14-24/h4-14,18-19,25H,1,15-17,20-21H2,2-3H3. The van der Waals surface area contributed by atoms with E-state index in [4.69, 9.17) is 32.7 Å². The minimum atomic E-state index is -0.710. The molecule has 0 saturated carbocycles. The Hall–Kier alpha value is -2.97. The normalized spacial score (nSPS) is 14.5. The topological polar surface area (TPSA) is 45.5 Å². The van der Waals surface area contributed by atoms with Crippen molar-refractivity contribution in [1.29, 1.82) is 5.26 Å². The number of halogens is 2. The lowest BCUT2D eigenvalue weighted by Gasteiger charge is -2.49. The summed E-state index contributed by atoms with van der Waals surface area (Å²) in [6, 6.07) is 26.3. The van der Waals surface area contributed by atoms with Gasteiger partial charge in [-0.1, -0.05) is 96.5 Å². The third-order valence-electron chi connectivity index (χ3n) is 7.18. The van der Waals surface area contributed by atoms with Gasteiger partial charge in [0.2, 0.25) is 0 Å². The predicted octanol–water partition coefficient (Wildman–Crippen LogP) is 7.69. The van der Waals surface area contributed by atoms with Gasteiger partial charge in [-0.15, -0.1) is 0 Å². The predicted molar refractivity (Wildman–Crippen MR) is 151 cm³/mol. The molecule has 3 aromatic rings. The minimum Gasteiger partial charge on any atom is -0.486 e. The molecule has 4 rings (SSSR count). The lowest BCUT2D eigenvalue weighted by atomic mass is 9.70. The van der Waals surface area contributed by atoms with Crippen LogP contribution < -0.4 is 9.47 Å². The van der Waals surface area contributed by atoms with Gasteiger partial charge < -0.3 is 9.47 Å². The van der Waals surface area contributed by atoms with Gasteiger partial charge in [0.05, 0.1) is 16.1 Å². The first-order valence-corrected chi connectivity index (χ1v) is 13.2. The number of rotatable bonds is 11. The molecule has 0 bridgehead atoms. The number of ether oxygens (including phenoxy) is 2. The van der Waals surface area contributed by atoms with Crippen molar-refractivity contribution >= 4 is 23.2 Å². The van der Waals surface area contributed by atoms with Crippen LogP contribution in [0.15, 0.2) is 85.5 Å². The summed E-state index contributed by atoms with van der Waals surface area (Å²) in [5.41, 5.74) is 1.22. The van der Waals surface area contributed by atoms with Gasteiger partial charge in [-0.2, -0.15) is 5.26 Å². The van der Waals surface area contributed by atoms with Gasteiger partial charge in [0, 0.05) is 30.8 Å². The van der Waals surface area contributed by atoms with Crippen LogP contribution in [0.5, 0.6) is 11.5 Å². The fraction of sp³-hybridized carbons (Fsp3) is 0.323. The number of hydrogen-bond acceptors (Lipinski definition) is 4. The summed E-state index contributed by atoms with van der Waals surface area (Å²) in [5.74, 6) is 1.13. The Morgan fingerprint density at radius 2 is 1.49 bits per heavy atom. The molecule has 0 unspecified atom stereocenters. The summed E-state index contributed by atoms with van der Waals surface area (Å²) in [5, 5.41) is 11.3. The fourth-order valence-corrected chi connectivity index (χ4v) is 5.09. The molecule has 0 amide bonds. The second-order valence-electron chi connectivity index (χ2n) is 10.0. The fourth-order valence-electron chi connectivity index (χ4n) is 4.79. The van der Waals surface area contributed by atoms with Gasteiger partial charge in [0.25, 0.3) is 0 Å². The summed E-state index contributed by atoms with van der Waals surface area (Å²) in [7, 11) is 0. The van der Waals surface area contributed by atoms with Crippen molar-refractivity contribution < 1.29 is 9.47 Å². The molecule has 37 heavy (non-hydrogen) atoms. The van der Waals surface area contributed by atoms with E-state index >= 15 is 0 Å². The van der Waals surface area contributed by atoms with Gasteiger partial charge in [-0.05, 0) is 37.8 Å². The lowest BCUT2D eigenvalue weighted by molar-refractivity contribution is -0.0472. The molecule has 1 aliphatic rings. The van der Waals surface area contributed by atoms with Crippen molar-refractivity contribution in [3.05, 3.63) is 107 Å². The molecular weight excluding hydrogens is 503 g/mol. The first-order valence-electron chi connectivity index (χ1n) is 12.5. The minimum absolute atomic E-state index is 0.00608. The van der Waals surface area contributed by atoms with Crippen LogP contribution in [0.4, 0.5) is 0 Å². The van der Waals surface area contributed by atoms with Crippen LogP contribution in [-0.2, 0) is 5.41 Å². The monoisotopic (exact) mass is 534 g/mol. The van der Waals surface area contributed by atoms with Crippen molar-refractivity contribution in [1.82, 2.24) is 4.90 Å². The van der Waals surface area contributed by atoms with Crippen molar-refractivity contribution in [2.24, 2.45) is 0 Å². The Balaban J connectivity index is 1.45. The molecular formula is C31H32Cl2N2O2. The van der Waals surface area contributed by atoms with Crippen LogP contribution in [-0.4, -0.2) is 36.2 Å². The average molecular weight is 536 g/mol. The second-order valence-corrected chi connectivity index (χ2v) is 10.8. The zero-order valence-corrected chi connectivity index (χ0v) is 22.8. The molecule has 0 N–H and O–H groups in total. The Labute approximate surface area is 230 Å². The molecule has 0 spiro atoms. The van der Waals surface area contributed by atoms with Crippen LogP contribution >= 0.6 is 23.2 Å². The molecule has 192 valence electrons. The van der Waals surface area contributed by atoms with E-state index in [9.17, 15) is 5.26 Å². The molecule has 1 saturated heterocycles. The zero-order valence-electron chi connectivity index (χ0n) is 21.3. The maximum atomic E-state index is 10.5. The van der Waals surface area contributed by atoms with Crippen LogP contribution in [0.1, 0.15) is 37.8 Å². The lowest BCUT2D eigenvalue weighted by Crippen LogP contribution is -2.62. The van der Waals surface area contributed by atoms with E-state index in [1.165, 1.54) is 0 Å². The van der Waals surface area contributed by atoms with Gasteiger partial charge in [0.15, 0.2) is 11.5 Å². The van der Waals surface area contributed by atoms with Crippen LogP contribution in [0.25, 0.3) is 0 Å². The smallest absolute Gasteiger partial charge is 0.163 e. The first kappa shape index (κ1) is 27.1. The Morgan fingerprint density at radius 3 is 2.00 bits per heavy atom. The van der Waals surface area contributed by atoms with Crippen molar-refractivity contribution in [3.8, 4) is 17.6 Å². The van der Waals surface area contributed by atoms with Crippen molar-refractivity contribution in [2.45, 2.75) is 43.7 Å². The van der Waals surface area contributed by atoms with Gasteiger partial charge in [-0.25, -0.2) is 0 Å². The van der Waals surface area contributed by atoms with E-state index in [0.717, 1.165) is 30.6 Å². The Morgan fingerprint density at radius 1 is 0.946 bits per heavy atom. The molecule has 3 aromatic carbocycles. The molecule has 1 fully saturated rings. The highest BCUT2D eigenvalue weighted by Gasteiger charge is 2.42. The van der Waals surface area contributed by atoms with Gasteiger partial charge >= 0.3 is 0 Å².